The van der Waals surface area contributed by atoms with Crippen LogP contribution in [-0.4, -0.2) is 43.6 Å². The number of nitrogens with one attached hydrogen (secondary N) is 1. The second-order valence-corrected chi connectivity index (χ2v) is 7.10. The Morgan fingerprint density at radius 3 is 2.58 bits per heavy atom. The highest BCUT2D eigenvalue weighted by molar-refractivity contribution is 5.94. The highest BCUT2D eigenvalue weighted by Gasteiger charge is 2.32. The monoisotopic (exact) mass is 352 g/mol. The van der Waals surface area contributed by atoms with Gasteiger partial charge in [-0.05, 0) is 61.7 Å². The molecule has 0 aromatic heterocycles. The van der Waals surface area contributed by atoms with Crippen LogP contribution in [0.3, 0.4) is 0 Å². The average Bonchev–Trinajstić information content (AvgIpc) is 3.01. The van der Waals surface area contributed by atoms with Crippen LogP contribution in [0.25, 0.3) is 0 Å². The molecule has 2 aromatic rings. The number of rotatable bonds is 5. The van der Waals surface area contributed by atoms with Crippen molar-refractivity contribution in [3.63, 3.8) is 0 Å². The van der Waals surface area contributed by atoms with E-state index in [9.17, 15) is 4.79 Å². The second kappa shape index (κ2) is 7.38. The van der Waals surface area contributed by atoms with Crippen molar-refractivity contribution < 1.29 is 14.3 Å². The molecule has 0 saturated carbocycles. The number of hydrogen-bond acceptors (Lipinski definition) is 4. The van der Waals surface area contributed by atoms with Crippen molar-refractivity contribution in [3.8, 4) is 17.2 Å². The van der Waals surface area contributed by atoms with Crippen molar-refractivity contribution in [3.05, 3.63) is 54.1 Å². The lowest BCUT2D eigenvalue weighted by Gasteiger charge is -2.30. The molecule has 2 saturated heterocycles. The summed E-state index contributed by atoms with van der Waals surface area (Å²) in [6, 6.07) is 15.0. The maximum absolute atomic E-state index is 12.5. The standard InChI is InChI=1S/C21H24N2O3/c1-25-19-4-2-3-5-20(19)26-18-8-6-16(7-9-18)21(24)22-17-12-15-10-11-23(13-15)14-17/h2-9,15,17H,10-14H2,1H3,(H,22,24)/t15-,17-/m1/s1. The fourth-order valence-electron chi connectivity index (χ4n) is 3.94. The highest BCUT2D eigenvalue weighted by atomic mass is 16.5. The predicted molar refractivity (Wildman–Crippen MR) is 99.9 cm³/mol. The first-order chi connectivity index (χ1) is 12.7. The second-order valence-electron chi connectivity index (χ2n) is 7.10. The zero-order valence-electron chi connectivity index (χ0n) is 15.0. The van der Waals surface area contributed by atoms with E-state index in [-0.39, 0.29) is 11.9 Å². The Bertz CT molecular complexity index is 763. The Morgan fingerprint density at radius 1 is 1.08 bits per heavy atom. The van der Waals surface area contributed by atoms with Crippen molar-refractivity contribution >= 4 is 5.91 Å². The van der Waals surface area contributed by atoms with E-state index in [1.54, 1.807) is 19.2 Å². The van der Waals surface area contributed by atoms with Crippen LogP contribution in [0, 0.1) is 5.92 Å². The number of para-hydroxylation sites is 2. The van der Waals surface area contributed by atoms with Gasteiger partial charge in [0.2, 0.25) is 0 Å². The number of nitrogens with zero attached hydrogens (tertiary/aromatic N) is 1. The molecule has 26 heavy (non-hydrogen) atoms. The third kappa shape index (κ3) is 3.68. The Labute approximate surface area is 153 Å². The Morgan fingerprint density at radius 2 is 1.85 bits per heavy atom. The van der Waals surface area contributed by atoms with E-state index in [0.717, 1.165) is 18.9 Å². The Hall–Kier alpha value is -2.53. The molecule has 0 radical (unpaired) electrons. The molecule has 2 fully saturated rings. The molecule has 0 aliphatic carbocycles. The lowest BCUT2D eigenvalue weighted by Crippen LogP contribution is -2.46. The third-order valence-corrected chi connectivity index (χ3v) is 5.22. The fourth-order valence-corrected chi connectivity index (χ4v) is 3.94. The van der Waals surface area contributed by atoms with Crippen LogP contribution in [0.1, 0.15) is 23.2 Å². The molecule has 5 heteroatoms. The van der Waals surface area contributed by atoms with Gasteiger partial charge in [0.25, 0.3) is 5.91 Å². The molecule has 3 atom stereocenters. The normalized spacial score (nSPS) is 24.1. The van der Waals surface area contributed by atoms with Gasteiger partial charge in [-0.1, -0.05) is 12.1 Å². The van der Waals surface area contributed by atoms with E-state index in [1.165, 1.54) is 19.5 Å². The molecule has 136 valence electrons. The van der Waals surface area contributed by atoms with E-state index >= 15 is 0 Å². The van der Waals surface area contributed by atoms with Crippen molar-refractivity contribution in [1.29, 1.82) is 0 Å². The third-order valence-electron chi connectivity index (χ3n) is 5.22. The molecule has 2 aliphatic heterocycles. The summed E-state index contributed by atoms with van der Waals surface area (Å²) in [5.74, 6) is 2.73. The topological polar surface area (TPSA) is 50.8 Å². The number of amides is 1. The van der Waals surface area contributed by atoms with Crippen LogP contribution in [0.5, 0.6) is 17.2 Å². The minimum Gasteiger partial charge on any atom is -0.493 e. The van der Waals surface area contributed by atoms with Gasteiger partial charge in [0, 0.05) is 24.7 Å². The molecular weight excluding hydrogens is 328 g/mol. The van der Waals surface area contributed by atoms with Gasteiger partial charge in [-0.15, -0.1) is 0 Å². The molecule has 2 heterocycles. The molecule has 0 spiro atoms. The van der Waals surface area contributed by atoms with Gasteiger partial charge in [-0.3, -0.25) is 4.79 Å². The van der Waals surface area contributed by atoms with Crippen LogP contribution in [0.4, 0.5) is 0 Å². The lowest BCUT2D eigenvalue weighted by molar-refractivity contribution is 0.0909. The number of piperidine rings is 1. The van der Waals surface area contributed by atoms with Crippen molar-refractivity contribution in [2.45, 2.75) is 18.9 Å². The van der Waals surface area contributed by atoms with Crippen molar-refractivity contribution in [1.82, 2.24) is 10.2 Å². The van der Waals surface area contributed by atoms with Gasteiger partial charge in [-0.25, -0.2) is 0 Å². The minimum atomic E-state index is -0.0126. The summed E-state index contributed by atoms with van der Waals surface area (Å²) in [6.07, 6.45) is 2.36. The van der Waals surface area contributed by atoms with Gasteiger partial charge in [0.1, 0.15) is 5.75 Å². The lowest BCUT2D eigenvalue weighted by atomic mass is 9.96. The van der Waals surface area contributed by atoms with E-state index < -0.39 is 0 Å². The smallest absolute Gasteiger partial charge is 0.251 e. The van der Waals surface area contributed by atoms with Gasteiger partial charge >= 0.3 is 0 Å². The van der Waals surface area contributed by atoms with E-state index in [1.807, 2.05) is 36.4 Å². The maximum atomic E-state index is 12.5. The molecule has 1 N–H and O–H groups in total. The SMILES string of the molecule is COc1ccccc1Oc1ccc(C(=O)N[C@@H]2C[C@H]3CCN(C3)C2)cc1. The van der Waals surface area contributed by atoms with Crippen LogP contribution in [-0.2, 0) is 0 Å². The number of fused-ring (bicyclic) bond motifs is 2. The van der Waals surface area contributed by atoms with Gasteiger partial charge in [0.05, 0.1) is 7.11 Å². The minimum absolute atomic E-state index is 0.0126. The van der Waals surface area contributed by atoms with Crippen LogP contribution in [0.2, 0.25) is 0 Å². The number of methoxy groups -OCH3 is 1. The van der Waals surface area contributed by atoms with Gasteiger partial charge < -0.3 is 19.7 Å². The first-order valence-corrected chi connectivity index (χ1v) is 9.15. The summed E-state index contributed by atoms with van der Waals surface area (Å²) in [5, 5.41) is 3.18. The number of benzene rings is 2. The summed E-state index contributed by atoms with van der Waals surface area (Å²) >= 11 is 0. The molecule has 1 amide bonds. The van der Waals surface area contributed by atoms with Crippen LogP contribution >= 0.6 is 0 Å². The summed E-state index contributed by atoms with van der Waals surface area (Å²) in [5.41, 5.74) is 0.658. The quantitative estimate of drug-likeness (QED) is 0.897. The summed E-state index contributed by atoms with van der Waals surface area (Å²) < 4.78 is 11.2. The van der Waals surface area contributed by atoms with E-state index in [0.29, 0.717) is 22.8 Å². The first-order valence-electron chi connectivity index (χ1n) is 9.15. The molecular formula is C21H24N2O3. The van der Waals surface area contributed by atoms with Crippen LogP contribution in [0.15, 0.2) is 48.5 Å². The number of ether oxygens (including phenoxy) is 2. The summed E-state index contributed by atoms with van der Waals surface area (Å²) in [4.78, 5) is 15.0. The Balaban J connectivity index is 1.38. The van der Waals surface area contributed by atoms with E-state index in [4.69, 9.17) is 9.47 Å². The molecule has 1 unspecified atom stereocenters. The highest BCUT2D eigenvalue weighted by Crippen LogP contribution is 2.31. The largest absolute Gasteiger partial charge is 0.493 e. The zero-order chi connectivity index (χ0) is 17.9. The summed E-state index contributed by atoms with van der Waals surface area (Å²) in [7, 11) is 1.61. The average molecular weight is 352 g/mol. The zero-order valence-corrected chi connectivity index (χ0v) is 15.0. The first kappa shape index (κ1) is 16.9. The number of carbonyl (C=O) groups is 1. The van der Waals surface area contributed by atoms with Gasteiger partial charge in [-0.2, -0.15) is 0 Å². The van der Waals surface area contributed by atoms with Gasteiger partial charge in [0.15, 0.2) is 11.5 Å². The van der Waals surface area contributed by atoms with Crippen molar-refractivity contribution in [2.75, 3.05) is 26.7 Å². The molecule has 5 nitrogen and oxygen atoms in total. The molecule has 2 bridgehead atoms. The maximum Gasteiger partial charge on any atom is 0.251 e. The fraction of sp³-hybridized carbons (Fsp3) is 0.381. The molecule has 2 aliphatic rings. The Kier molecular flexibility index (Phi) is 4.80. The van der Waals surface area contributed by atoms with Crippen molar-refractivity contribution in [2.24, 2.45) is 5.92 Å². The number of carbonyl (C=O) groups excluding carboxylic acids is 1. The summed E-state index contributed by atoms with van der Waals surface area (Å²) in [6.45, 7) is 3.34. The van der Waals surface area contributed by atoms with E-state index in [2.05, 4.69) is 10.2 Å². The number of hydrogen-bond donors (Lipinski definition) is 1. The molecule has 4 rings (SSSR count). The predicted octanol–water partition coefficient (Wildman–Crippen LogP) is 3.31. The molecule has 2 aromatic carbocycles. The van der Waals surface area contributed by atoms with Crippen LogP contribution < -0.4 is 14.8 Å².